The number of fused-ring (bicyclic) bond motifs is 1. The van der Waals surface area contributed by atoms with Gasteiger partial charge in [-0.05, 0) is 17.5 Å². The average molecular weight is 202 g/mol. The predicted molar refractivity (Wildman–Crippen MR) is 54.1 cm³/mol. The Morgan fingerprint density at radius 1 is 1.29 bits per heavy atom. The summed E-state index contributed by atoms with van der Waals surface area (Å²) in [4.78, 5) is 0. The van der Waals surface area contributed by atoms with Crippen LogP contribution in [0, 0.1) is 0 Å². The Labute approximate surface area is 83.8 Å². The van der Waals surface area contributed by atoms with Gasteiger partial charge in [0.05, 0.1) is 17.4 Å². The highest BCUT2D eigenvalue weighted by Gasteiger charge is 2.03. The maximum atomic E-state index is 4.38. The van der Waals surface area contributed by atoms with Gasteiger partial charge < -0.3 is 0 Å². The lowest BCUT2D eigenvalue weighted by Gasteiger charge is -1.86. The lowest BCUT2D eigenvalue weighted by Crippen LogP contribution is -1.89. The Morgan fingerprint density at radius 2 is 2.29 bits per heavy atom. The van der Waals surface area contributed by atoms with Crippen molar-refractivity contribution >= 4 is 16.9 Å². The van der Waals surface area contributed by atoms with Crippen molar-refractivity contribution in [2.24, 2.45) is 0 Å². The van der Waals surface area contributed by atoms with Crippen LogP contribution in [0.5, 0.6) is 0 Å². The minimum Gasteiger partial charge on any atom is -0.218 e. The first-order valence-electron chi connectivity index (χ1n) is 4.12. The molecule has 14 heavy (non-hydrogen) atoms. The molecule has 4 nitrogen and oxygen atoms in total. The van der Waals surface area contributed by atoms with Crippen molar-refractivity contribution in [1.29, 1.82) is 0 Å². The molecule has 0 fully saturated rings. The van der Waals surface area contributed by atoms with Crippen LogP contribution in [0.25, 0.3) is 16.8 Å². The molecule has 0 saturated carbocycles. The third-order valence-electron chi connectivity index (χ3n) is 2.00. The van der Waals surface area contributed by atoms with E-state index in [1.165, 1.54) is 0 Å². The molecule has 5 heteroatoms. The van der Waals surface area contributed by atoms with Crippen LogP contribution in [0.4, 0.5) is 0 Å². The average Bonchev–Trinajstić information content (AvgIpc) is 2.86. The van der Waals surface area contributed by atoms with Crippen molar-refractivity contribution in [1.82, 2.24) is 19.8 Å². The molecule has 0 saturated heterocycles. The summed E-state index contributed by atoms with van der Waals surface area (Å²) in [6.45, 7) is 0. The van der Waals surface area contributed by atoms with Crippen molar-refractivity contribution in [3.63, 3.8) is 0 Å². The Bertz CT molecular complexity index is 522. The molecule has 0 aliphatic rings. The highest BCUT2D eigenvalue weighted by atomic mass is 32.1. The molecule has 0 amide bonds. The zero-order valence-corrected chi connectivity index (χ0v) is 7.98. The summed E-state index contributed by atoms with van der Waals surface area (Å²) in [5.41, 5.74) is 3.06. The number of nitrogens with zero attached hydrogens (tertiary/aromatic N) is 4. The van der Waals surface area contributed by atoms with Gasteiger partial charge in [-0.3, -0.25) is 0 Å². The van der Waals surface area contributed by atoms with E-state index in [1.54, 1.807) is 28.4 Å². The summed E-state index contributed by atoms with van der Waals surface area (Å²) in [5, 5.41) is 16.0. The van der Waals surface area contributed by atoms with Gasteiger partial charge in [-0.15, -0.1) is 5.10 Å². The Kier molecular flexibility index (Phi) is 1.57. The maximum absolute atomic E-state index is 4.38. The first-order valence-corrected chi connectivity index (χ1v) is 5.06. The Balaban J connectivity index is 2.24. The van der Waals surface area contributed by atoms with Gasteiger partial charge in [0.15, 0.2) is 0 Å². The molecule has 0 unspecified atom stereocenters. The summed E-state index contributed by atoms with van der Waals surface area (Å²) < 4.78 is 1.72. The molecule has 0 aromatic carbocycles. The fraction of sp³-hybridized carbons (Fsp3) is 0. The van der Waals surface area contributed by atoms with E-state index >= 15 is 0 Å². The van der Waals surface area contributed by atoms with E-state index in [4.69, 9.17) is 0 Å². The molecule has 0 aliphatic carbocycles. The minimum atomic E-state index is 0.959. The van der Waals surface area contributed by atoms with Crippen molar-refractivity contribution in [2.75, 3.05) is 0 Å². The molecule has 0 N–H and O–H groups in total. The van der Waals surface area contributed by atoms with E-state index in [9.17, 15) is 0 Å². The van der Waals surface area contributed by atoms with Crippen molar-refractivity contribution in [3.05, 3.63) is 35.4 Å². The quantitative estimate of drug-likeness (QED) is 0.604. The minimum absolute atomic E-state index is 0.959. The van der Waals surface area contributed by atoms with Gasteiger partial charge >= 0.3 is 0 Å². The first kappa shape index (κ1) is 7.64. The van der Waals surface area contributed by atoms with Gasteiger partial charge in [-0.2, -0.15) is 21.5 Å². The van der Waals surface area contributed by atoms with Crippen LogP contribution in [0.15, 0.2) is 35.4 Å². The Hall–Kier alpha value is -1.75. The van der Waals surface area contributed by atoms with Gasteiger partial charge in [0.1, 0.15) is 6.33 Å². The summed E-state index contributed by atoms with van der Waals surface area (Å²) in [6.07, 6.45) is 3.30. The lowest BCUT2D eigenvalue weighted by molar-refractivity contribution is 0.866. The number of thiophene rings is 1. The van der Waals surface area contributed by atoms with Gasteiger partial charge in [0.2, 0.25) is 0 Å². The van der Waals surface area contributed by atoms with Gasteiger partial charge in [0.25, 0.3) is 0 Å². The van der Waals surface area contributed by atoms with Crippen LogP contribution in [-0.4, -0.2) is 19.8 Å². The lowest BCUT2D eigenvalue weighted by atomic mass is 10.2. The fourth-order valence-corrected chi connectivity index (χ4v) is 1.97. The summed E-state index contributed by atoms with van der Waals surface area (Å²) in [5.74, 6) is 0. The van der Waals surface area contributed by atoms with Crippen LogP contribution in [0.2, 0.25) is 0 Å². The van der Waals surface area contributed by atoms with Gasteiger partial charge in [0, 0.05) is 10.9 Å². The molecular formula is C9H6N4S. The number of hydrogen-bond donors (Lipinski definition) is 0. The van der Waals surface area contributed by atoms with E-state index in [-0.39, 0.29) is 0 Å². The monoisotopic (exact) mass is 202 g/mol. The predicted octanol–water partition coefficient (Wildman–Crippen LogP) is 1.85. The molecule has 0 aliphatic heterocycles. The molecule has 3 heterocycles. The van der Waals surface area contributed by atoms with Crippen LogP contribution < -0.4 is 0 Å². The van der Waals surface area contributed by atoms with Crippen molar-refractivity contribution in [2.45, 2.75) is 0 Å². The SMILES string of the molecule is c1cc(-c2cc3cnncn3n2)cs1. The van der Waals surface area contributed by atoms with Crippen molar-refractivity contribution in [3.8, 4) is 11.3 Å². The number of rotatable bonds is 1. The second-order valence-corrected chi connectivity index (χ2v) is 3.67. The van der Waals surface area contributed by atoms with E-state index in [0.717, 1.165) is 16.8 Å². The number of aromatic nitrogens is 4. The van der Waals surface area contributed by atoms with E-state index < -0.39 is 0 Å². The van der Waals surface area contributed by atoms with Crippen molar-refractivity contribution < 1.29 is 0 Å². The molecule has 3 rings (SSSR count). The molecule has 68 valence electrons. The molecule has 0 radical (unpaired) electrons. The zero-order valence-electron chi connectivity index (χ0n) is 7.16. The molecular weight excluding hydrogens is 196 g/mol. The van der Waals surface area contributed by atoms with E-state index in [1.807, 2.05) is 17.5 Å². The maximum Gasteiger partial charge on any atom is 0.140 e. The standard InChI is InChI=1S/C9H6N4S/c1-2-14-5-7(1)9-3-8-4-10-11-6-13(8)12-9/h1-6H. The topological polar surface area (TPSA) is 43.1 Å². The third-order valence-corrected chi connectivity index (χ3v) is 2.68. The highest BCUT2D eigenvalue weighted by molar-refractivity contribution is 7.08. The van der Waals surface area contributed by atoms with Crippen LogP contribution in [-0.2, 0) is 0 Å². The number of hydrogen-bond acceptors (Lipinski definition) is 4. The molecule has 3 aromatic rings. The summed E-state index contributed by atoms with van der Waals surface area (Å²) >= 11 is 1.66. The second-order valence-electron chi connectivity index (χ2n) is 2.89. The summed E-state index contributed by atoms with van der Waals surface area (Å²) in [7, 11) is 0. The fourth-order valence-electron chi connectivity index (χ4n) is 1.32. The van der Waals surface area contributed by atoms with Gasteiger partial charge in [-0.25, -0.2) is 4.52 Å². The normalized spacial score (nSPS) is 10.9. The van der Waals surface area contributed by atoms with Crippen LogP contribution in [0.3, 0.4) is 0 Å². The molecule has 0 bridgehead atoms. The molecule has 0 atom stereocenters. The highest BCUT2D eigenvalue weighted by Crippen LogP contribution is 2.21. The molecule has 0 spiro atoms. The van der Waals surface area contributed by atoms with Gasteiger partial charge in [-0.1, -0.05) is 0 Å². The Morgan fingerprint density at radius 3 is 3.07 bits per heavy atom. The third kappa shape index (κ3) is 1.10. The second kappa shape index (κ2) is 2.88. The molecule has 3 aromatic heterocycles. The summed E-state index contributed by atoms with van der Waals surface area (Å²) in [6, 6.07) is 4.05. The smallest absolute Gasteiger partial charge is 0.140 e. The zero-order chi connectivity index (χ0) is 9.38. The largest absolute Gasteiger partial charge is 0.218 e. The van der Waals surface area contributed by atoms with E-state index in [2.05, 4.69) is 20.7 Å². The van der Waals surface area contributed by atoms with E-state index in [0.29, 0.717) is 0 Å². The first-order chi connectivity index (χ1) is 6.93. The van der Waals surface area contributed by atoms with Crippen LogP contribution >= 0.6 is 11.3 Å². The van der Waals surface area contributed by atoms with Crippen LogP contribution in [0.1, 0.15) is 0 Å².